The summed E-state index contributed by atoms with van der Waals surface area (Å²) in [6, 6.07) is 4.11. The van der Waals surface area contributed by atoms with Gasteiger partial charge in [0.2, 0.25) is 5.91 Å². The van der Waals surface area contributed by atoms with E-state index in [2.05, 4.69) is 20.3 Å². The number of aryl methyl sites for hydroxylation is 1. The number of carbonyl (C=O) groups excluding carboxylic acids is 1. The van der Waals surface area contributed by atoms with Crippen molar-refractivity contribution in [2.24, 2.45) is 5.92 Å². The lowest BCUT2D eigenvalue weighted by Crippen LogP contribution is -2.44. The highest BCUT2D eigenvalue weighted by Gasteiger charge is 2.24. The molecular formula is C20H27N5O2. The van der Waals surface area contributed by atoms with Gasteiger partial charge < -0.3 is 15.2 Å². The SMILES string of the molecule is Cc1nc(-c2ccc(NC3CCN(C(=O)C(C)C)CC3)nc2)[nH]c(=O)c1C. The third-order valence-electron chi connectivity index (χ3n) is 5.08. The minimum Gasteiger partial charge on any atom is -0.367 e. The molecular weight excluding hydrogens is 342 g/mol. The second-order valence-electron chi connectivity index (χ2n) is 7.46. The van der Waals surface area contributed by atoms with Gasteiger partial charge in [0, 0.05) is 48.1 Å². The highest BCUT2D eigenvalue weighted by molar-refractivity contribution is 5.78. The van der Waals surface area contributed by atoms with E-state index in [1.807, 2.05) is 37.8 Å². The summed E-state index contributed by atoms with van der Waals surface area (Å²) >= 11 is 0. The molecule has 1 amide bonds. The Morgan fingerprint density at radius 1 is 1.26 bits per heavy atom. The van der Waals surface area contributed by atoms with Crippen molar-refractivity contribution in [1.82, 2.24) is 19.9 Å². The first kappa shape index (κ1) is 19.1. The molecule has 0 bridgehead atoms. The van der Waals surface area contributed by atoms with Crippen molar-refractivity contribution in [3.63, 3.8) is 0 Å². The van der Waals surface area contributed by atoms with Crippen molar-refractivity contribution < 1.29 is 4.79 Å². The number of piperidine rings is 1. The van der Waals surface area contributed by atoms with Crippen LogP contribution in [0.15, 0.2) is 23.1 Å². The fraction of sp³-hybridized carbons (Fsp3) is 0.500. The number of aromatic nitrogens is 3. The smallest absolute Gasteiger partial charge is 0.254 e. The van der Waals surface area contributed by atoms with Crippen LogP contribution in [0.5, 0.6) is 0 Å². The molecule has 0 unspecified atom stereocenters. The summed E-state index contributed by atoms with van der Waals surface area (Å²) < 4.78 is 0. The average molecular weight is 369 g/mol. The number of likely N-dealkylation sites (tertiary alicyclic amines) is 1. The second-order valence-corrected chi connectivity index (χ2v) is 7.46. The van der Waals surface area contributed by atoms with Crippen molar-refractivity contribution in [2.45, 2.75) is 46.6 Å². The Hall–Kier alpha value is -2.70. The lowest BCUT2D eigenvalue weighted by molar-refractivity contribution is -0.135. The van der Waals surface area contributed by atoms with Gasteiger partial charge in [-0.2, -0.15) is 0 Å². The maximum atomic E-state index is 12.1. The van der Waals surface area contributed by atoms with E-state index in [1.165, 1.54) is 0 Å². The number of nitrogens with zero attached hydrogens (tertiary/aromatic N) is 3. The Bertz CT molecular complexity index is 865. The summed E-state index contributed by atoms with van der Waals surface area (Å²) in [5, 5.41) is 3.44. The van der Waals surface area contributed by atoms with Crippen molar-refractivity contribution in [2.75, 3.05) is 18.4 Å². The van der Waals surface area contributed by atoms with Crippen LogP contribution < -0.4 is 10.9 Å². The lowest BCUT2D eigenvalue weighted by atomic mass is 10.0. The van der Waals surface area contributed by atoms with Gasteiger partial charge in [-0.3, -0.25) is 9.59 Å². The van der Waals surface area contributed by atoms with Crippen LogP contribution >= 0.6 is 0 Å². The molecule has 0 aliphatic carbocycles. The minimum absolute atomic E-state index is 0.0502. The Morgan fingerprint density at radius 3 is 2.52 bits per heavy atom. The van der Waals surface area contributed by atoms with E-state index < -0.39 is 0 Å². The number of anilines is 1. The molecule has 1 saturated heterocycles. The molecule has 1 aliphatic rings. The molecule has 2 aromatic rings. The van der Waals surface area contributed by atoms with Gasteiger partial charge in [-0.25, -0.2) is 9.97 Å². The second kappa shape index (κ2) is 7.90. The maximum absolute atomic E-state index is 12.1. The quantitative estimate of drug-likeness (QED) is 0.864. The van der Waals surface area contributed by atoms with Crippen LogP contribution in [0.25, 0.3) is 11.4 Å². The standard InChI is InChI=1S/C20H27N5O2/c1-12(2)20(27)25-9-7-16(8-10-25)23-17-6-5-15(11-21-17)18-22-14(4)13(3)19(26)24-18/h5-6,11-12,16H,7-10H2,1-4H3,(H,21,23)(H,22,24,26). The Morgan fingerprint density at radius 2 is 1.96 bits per heavy atom. The van der Waals surface area contributed by atoms with E-state index in [1.54, 1.807) is 13.1 Å². The van der Waals surface area contributed by atoms with Gasteiger partial charge in [0.05, 0.1) is 0 Å². The number of H-pyrrole nitrogens is 1. The molecule has 2 aromatic heterocycles. The minimum atomic E-state index is -0.123. The molecule has 3 heterocycles. The van der Waals surface area contributed by atoms with Gasteiger partial charge in [0.15, 0.2) is 0 Å². The molecule has 0 atom stereocenters. The molecule has 0 spiro atoms. The summed E-state index contributed by atoms with van der Waals surface area (Å²) in [6.07, 6.45) is 3.54. The largest absolute Gasteiger partial charge is 0.367 e. The van der Waals surface area contributed by atoms with E-state index >= 15 is 0 Å². The van der Waals surface area contributed by atoms with E-state index in [4.69, 9.17) is 0 Å². The van der Waals surface area contributed by atoms with Crippen LogP contribution in [-0.4, -0.2) is 44.9 Å². The predicted molar refractivity (Wildman–Crippen MR) is 106 cm³/mol. The number of rotatable bonds is 4. The highest BCUT2D eigenvalue weighted by Crippen LogP contribution is 2.19. The normalized spacial score (nSPS) is 15.2. The van der Waals surface area contributed by atoms with Crippen LogP contribution in [0.4, 0.5) is 5.82 Å². The number of hydrogen-bond acceptors (Lipinski definition) is 5. The molecule has 0 aromatic carbocycles. The topological polar surface area (TPSA) is 91.0 Å². The van der Waals surface area contributed by atoms with Crippen LogP contribution in [0.1, 0.15) is 37.9 Å². The van der Waals surface area contributed by atoms with Crippen molar-refractivity contribution >= 4 is 11.7 Å². The van der Waals surface area contributed by atoms with Crippen molar-refractivity contribution in [3.05, 3.63) is 39.9 Å². The Labute approximate surface area is 159 Å². The first-order valence-corrected chi connectivity index (χ1v) is 9.44. The van der Waals surface area contributed by atoms with E-state index in [9.17, 15) is 9.59 Å². The molecule has 144 valence electrons. The third-order valence-corrected chi connectivity index (χ3v) is 5.08. The van der Waals surface area contributed by atoms with Crippen LogP contribution in [-0.2, 0) is 4.79 Å². The highest BCUT2D eigenvalue weighted by atomic mass is 16.2. The molecule has 1 aliphatic heterocycles. The van der Waals surface area contributed by atoms with Crippen LogP contribution in [0.3, 0.4) is 0 Å². The molecule has 1 fully saturated rings. The number of aromatic amines is 1. The molecule has 0 saturated carbocycles. The summed E-state index contributed by atoms with van der Waals surface area (Å²) in [6.45, 7) is 9.02. The van der Waals surface area contributed by atoms with Gasteiger partial charge >= 0.3 is 0 Å². The number of hydrogen-bond donors (Lipinski definition) is 2. The summed E-state index contributed by atoms with van der Waals surface area (Å²) in [4.78, 5) is 37.6. The Balaban J connectivity index is 1.62. The maximum Gasteiger partial charge on any atom is 0.254 e. The van der Waals surface area contributed by atoms with Crippen molar-refractivity contribution in [3.8, 4) is 11.4 Å². The zero-order chi connectivity index (χ0) is 19.6. The molecule has 7 heteroatoms. The fourth-order valence-electron chi connectivity index (χ4n) is 3.22. The molecule has 2 N–H and O–H groups in total. The zero-order valence-corrected chi connectivity index (χ0v) is 16.4. The summed E-state index contributed by atoms with van der Waals surface area (Å²) in [5.74, 6) is 1.60. The molecule has 0 radical (unpaired) electrons. The van der Waals surface area contributed by atoms with Gasteiger partial charge in [0.25, 0.3) is 5.56 Å². The van der Waals surface area contributed by atoms with Gasteiger partial charge in [0.1, 0.15) is 11.6 Å². The average Bonchev–Trinajstić information content (AvgIpc) is 2.66. The first-order valence-electron chi connectivity index (χ1n) is 9.44. The predicted octanol–water partition coefficient (Wildman–Crippen LogP) is 2.51. The van der Waals surface area contributed by atoms with E-state index in [0.29, 0.717) is 17.4 Å². The van der Waals surface area contributed by atoms with Gasteiger partial charge in [-0.05, 0) is 38.8 Å². The summed E-state index contributed by atoms with van der Waals surface area (Å²) in [7, 11) is 0. The van der Waals surface area contributed by atoms with Gasteiger partial charge in [-0.15, -0.1) is 0 Å². The van der Waals surface area contributed by atoms with E-state index in [0.717, 1.165) is 43.0 Å². The lowest BCUT2D eigenvalue weighted by Gasteiger charge is -2.33. The number of carbonyl (C=O) groups is 1. The number of pyridine rings is 1. The Kier molecular flexibility index (Phi) is 5.58. The molecule has 3 rings (SSSR count). The zero-order valence-electron chi connectivity index (χ0n) is 16.4. The van der Waals surface area contributed by atoms with Crippen molar-refractivity contribution in [1.29, 1.82) is 0 Å². The number of amides is 1. The molecule has 7 nitrogen and oxygen atoms in total. The third kappa shape index (κ3) is 4.35. The van der Waals surface area contributed by atoms with Crippen LogP contribution in [0.2, 0.25) is 0 Å². The van der Waals surface area contributed by atoms with Gasteiger partial charge in [-0.1, -0.05) is 13.8 Å². The molecule has 27 heavy (non-hydrogen) atoms. The number of nitrogens with one attached hydrogen (secondary N) is 2. The summed E-state index contributed by atoms with van der Waals surface area (Å²) in [5.41, 5.74) is 2.01. The first-order chi connectivity index (χ1) is 12.8. The van der Waals surface area contributed by atoms with E-state index in [-0.39, 0.29) is 17.4 Å². The fourth-order valence-corrected chi connectivity index (χ4v) is 3.22. The monoisotopic (exact) mass is 369 g/mol. The van der Waals surface area contributed by atoms with Crippen LogP contribution in [0, 0.1) is 19.8 Å².